The molecule has 0 N–H and O–H groups in total. The SMILES string of the molecule is CC(Cc1ccc(CCc2ccc(/C=C/c3ccc(C#N)cc3)c(F)c2)cc1)c1ccccc1. The molecule has 0 fully saturated rings. The molecule has 4 rings (SSSR count). The van der Waals surface area contributed by atoms with Crippen molar-refractivity contribution in [1.82, 2.24) is 0 Å². The van der Waals surface area contributed by atoms with Gasteiger partial charge in [-0.1, -0.05) is 97.9 Å². The number of hydrogen-bond acceptors (Lipinski definition) is 1. The molecule has 1 nitrogen and oxygen atoms in total. The predicted molar refractivity (Wildman–Crippen MR) is 139 cm³/mol. The van der Waals surface area contributed by atoms with Gasteiger partial charge in [-0.15, -0.1) is 0 Å². The first-order valence-electron chi connectivity index (χ1n) is 11.7. The molecule has 0 spiro atoms. The molecule has 0 saturated heterocycles. The average molecular weight is 446 g/mol. The summed E-state index contributed by atoms with van der Waals surface area (Å²) in [6.45, 7) is 2.26. The molecule has 2 heteroatoms. The molecule has 0 saturated carbocycles. The van der Waals surface area contributed by atoms with Crippen LogP contribution in [0.2, 0.25) is 0 Å². The molecule has 1 atom stereocenters. The maximum Gasteiger partial charge on any atom is 0.130 e. The Morgan fingerprint density at radius 1 is 0.765 bits per heavy atom. The van der Waals surface area contributed by atoms with Gasteiger partial charge in [0.2, 0.25) is 0 Å². The summed E-state index contributed by atoms with van der Waals surface area (Å²) in [4.78, 5) is 0. The van der Waals surface area contributed by atoms with E-state index in [1.165, 1.54) is 16.7 Å². The van der Waals surface area contributed by atoms with Crippen molar-refractivity contribution >= 4 is 12.2 Å². The van der Waals surface area contributed by atoms with Crippen molar-refractivity contribution in [3.8, 4) is 6.07 Å². The average Bonchev–Trinajstić information content (AvgIpc) is 2.88. The van der Waals surface area contributed by atoms with Gasteiger partial charge >= 0.3 is 0 Å². The lowest BCUT2D eigenvalue weighted by atomic mass is 9.93. The summed E-state index contributed by atoms with van der Waals surface area (Å²) in [5, 5.41) is 8.88. The molecule has 0 aliphatic rings. The second-order valence-electron chi connectivity index (χ2n) is 8.76. The highest BCUT2D eigenvalue weighted by molar-refractivity contribution is 5.70. The van der Waals surface area contributed by atoms with Crippen LogP contribution < -0.4 is 0 Å². The van der Waals surface area contributed by atoms with Crippen molar-refractivity contribution in [3.63, 3.8) is 0 Å². The maximum atomic E-state index is 14.6. The molecule has 0 aliphatic heterocycles. The second-order valence-corrected chi connectivity index (χ2v) is 8.76. The first-order valence-corrected chi connectivity index (χ1v) is 11.7. The zero-order chi connectivity index (χ0) is 23.8. The van der Waals surface area contributed by atoms with E-state index in [1.54, 1.807) is 24.3 Å². The molecule has 0 aliphatic carbocycles. The number of rotatable bonds is 8. The van der Waals surface area contributed by atoms with E-state index < -0.39 is 0 Å². The summed E-state index contributed by atoms with van der Waals surface area (Å²) in [6.07, 6.45) is 6.34. The van der Waals surface area contributed by atoms with Gasteiger partial charge in [-0.25, -0.2) is 4.39 Å². The first kappa shape index (κ1) is 23.2. The number of halogens is 1. The Bertz CT molecular complexity index is 1280. The minimum atomic E-state index is -0.215. The zero-order valence-electron chi connectivity index (χ0n) is 19.4. The summed E-state index contributed by atoms with van der Waals surface area (Å²) in [5.74, 6) is 0.271. The van der Waals surface area contributed by atoms with Gasteiger partial charge in [0.05, 0.1) is 11.6 Å². The highest BCUT2D eigenvalue weighted by Crippen LogP contribution is 2.21. The monoisotopic (exact) mass is 445 g/mol. The molecule has 0 amide bonds. The molecular weight excluding hydrogens is 417 g/mol. The normalized spacial score (nSPS) is 11.9. The third-order valence-electron chi connectivity index (χ3n) is 6.20. The molecule has 4 aromatic rings. The van der Waals surface area contributed by atoms with Crippen molar-refractivity contribution in [1.29, 1.82) is 5.26 Å². The Labute approximate surface area is 201 Å². The van der Waals surface area contributed by atoms with E-state index in [-0.39, 0.29) is 5.82 Å². The van der Waals surface area contributed by atoms with Gasteiger partial charge in [0.25, 0.3) is 0 Å². The van der Waals surface area contributed by atoms with E-state index in [1.807, 2.05) is 30.3 Å². The number of aryl methyl sites for hydroxylation is 2. The van der Waals surface area contributed by atoms with Crippen LogP contribution in [-0.4, -0.2) is 0 Å². The van der Waals surface area contributed by atoms with Crippen LogP contribution in [0.5, 0.6) is 0 Å². The summed E-state index contributed by atoms with van der Waals surface area (Å²) in [6, 6.07) is 34.2. The minimum absolute atomic E-state index is 0.215. The van der Waals surface area contributed by atoms with Gasteiger partial charge in [-0.05, 0) is 71.2 Å². The standard InChI is InChI=1S/C32H28FN/c1-24(30-5-3-2-4-6-30)21-27-12-7-25(8-13-27)9-14-28-18-20-31(32(33)22-28)19-17-26-10-15-29(23-34)16-11-26/h2-8,10-13,15-20,22,24H,9,14,21H2,1H3/b19-17+. The molecule has 34 heavy (non-hydrogen) atoms. The molecule has 168 valence electrons. The molecule has 0 radical (unpaired) electrons. The Hall–Kier alpha value is -3.96. The van der Waals surface area contributed by atoms with Crippen LogP contribution in [0, 0.1) is 17.1 Å². The highest BCUT2D eigenvalue weighted by atomic mass is 19.1. The van der Waals surface area contributed by atoms with E-state index in [2.05, 4.69) is 67.6 Å². The van der Waals surface area contributed by atoms with Crippen LogP contribution in [0.4, 0.5) is 4.39 Å². The quantitative estimate of drug-likeness (QED) is 0.252. The number of nitrogens with zero attached hydrogens (tertiary/aromatic N) is 1. The Morgan fingerprint density at radius 2 is 1.41 bits per heavy atom. The van der Waals surface area contributed by atoms with Crippen LogP contribution in [0.15, 0.2) is 97.1 Å². The Morgan fingerprint density at radius 3 is 2.09 bits per heavy atom. The summed E-state index contributed by atoms with van der Waals surface area (Å²) in [7, 11) is 0. The smallest absolute Gasteiger partial charge is 0.130 e. The lowest BCUT2D eigenvalue weighted by molar-refractivity contribution is 0.622. The summed E-state index contributed by atoms with van der Waals surface area (Å²) < 4.78 is 14.6. The van der Waals surface area contributed by atoms with Crippen LogP contribution in [-0.2, 0) is 19.3 Å². The summed E-state index contributed by atoms with van der Waals surface area (Å²) >= 11 is 0. The summed E-state index contributed by atoms with van der Waals surface area (Å²) in [5.41, 5.74) is 7.07. The van der Waals surface area contributed by atoms with Crippen molar-refractivity contribution in [2.75, 3.05) is 0 Å². The van der Waals surface area contributed by atoms with Crippen molar-refractivity contribution in [2.24, 2.45) is 0 Å². The van der Waals surface area contributed by atoms with Crippen molar-refractivity contribution < 1.29 is 4.39 Å². The minimum Gasteiger partial charge on any atom is -0.206 e. The largest absolute Gasteiger partial charge is 0.206 e. The van der Waals surface area contributed by atoms with Crippen LogP contribution in [0.3, 0.4) is 0 Å². The van der Waals surface area contributed by atoms with E-state index in [0.717, 1.165) is 30.4 Å². The Kier molecular flexibility index (Phi) is 7.68. The molecule has 1 unspecified atom stereocenters. The van der Waals surface area contributed by atoms with Crippen LogP contribution >= 0.6 is 0 Å². The van der Waals surface area contributed by atoms with Gasteiger partial charge in [-0.3, -0.25) is 0 Å². The van der Waals surface area contributed by atoms with Gasteiger partial charge < -0.3 is 0 Å². The molecule has 0 bridgehead atoms. The van der Waals surface area contributed by atoms with Gasteiger partial charge in [-0.2, -0.15) is 5.26 Å². The molecular formula is C32H28FN. The second kappa shape index (κ2) is 11.3. The number of benzene rings is 4. The Balaban J connectivity index is 1.32. The first-order chi connectivity index (χ1) is 16.6. The molecule has 0 aromatic heterocycles. The predicted octanol–water partition coefficient (Wildman–Crippen LogP) is 8.00. The molecule has 4 aromatic carbocycles. The van der Waals surface area contributed by atoms with Gasteiger partial charge in [0.1, 0.15) is 5.82 Å². The fraction of sp³-hybridized carbons (Fsp3) is 0.156. The number of hydrogen-bond donors (Lipinski definition) is 0. The number of nitriles is 1. The molecule has 0 heterocycles. The lowest BCUT2D eigenvalue weighted by Crippen LogP contribution is -1.99. The fourth-order valence-electron chi connectivity index (χ4n) is 4.10. The van der Waals surface area contributed by atoms with E-state index >= 15 is 0 Å². The van der Waals surface area contributed by atoms with Crippen LogP contribution in [0.1, 0.15) is 51.8 Å². The third-order valence-corrected chi connectivity index (χ3v) is 6.20. The van der Waals surface area contributed by atoms with E-state index in [4.69, 9.17) is 5.26 Å². The van der Waals surface area contributed by atoms with Crippen molar-refractivity contribution in [2.45, 2.75) is 32.1 Å². The fourth-order valence-corrected chi connectivity index (χ4v) is 4.10. The van der Waals surface area contributed by atoms with Crippen molar-refractivity contribution in [3.05, 3.63) is 142 Å². The van der Waals surface area contributed by atoms with Gasteiger partial charge in [0.15, 0.2) is 0 Å². The van der Waals surface area contributed by atoms with Gasteiger partial charge in [0, 0.05) is 5.56 Å². The topological polar surface area (TPSA) is 23.8 Å². The van der Waals surface area contributed by atoms with Crippen LogP contribution in [0.25, 0.3) is 12.2 Å². The maximum absolute atomic E-state index is 14.6. The zero-order valence-corrected chi connectivity index (χ0v) is 19.4. The lowest BCUT2D eigenvalue weighted by Gasteiger charge is -2.12. The van der Waals surface area contributed by atoms with E-state index in [0.29, 0.717) is 17.0 Å². The third kappa shape index (κ3) is 6.30. The van der Waals surface area contributed by atoms with E-state index in [9.17, 15) is 4.39 Å². The highest BCUT2D eigenvalue weighted by Gasteiger charge is 2.07.